The fraction of sp³-hybridized carbons (Fsp3) is 0.406. The van der Waals surface area contributed by atoms with Crippen molar-refractivity contribution in [2.45, 2.75) is 63.7 Å². The van der Waals surface area contributed by atoms with Crippen LogP contribution in [0.4, 0.5) is 0 Å². The number of halogens is 1. The Morgan fingerprint density at radius 3 is 2.31 bits per heavy atom. The van der Waals surface area contributed by atoms with Crippen molar-refractivity contribution in [2.75, 3.05) is 18.9 Å². The molecule has 4 rings (SSSR count). The summed E-state index contributed by atoms with van der Waals surface area (Å²) in [5.41, 5.74) is 3.98. The van der Waals surface area contributed by atoms with Gasteiger partial charge in [0.1, 0.15) is 5.75 Å². The van der Waals surface area contributed by atoms with Gasteiger partial charge in [-0.1, -0.05) is 67.1 Å². The van der Waals surface area contributed by atoms with Crippen molar-refractivity contribution in [3.05, 3.63) is 89.5 Å². The predicted octanol–water partition coefficient (Wildman–Crippen LogP) is 4.79. The molecule has 0 saturated heterocycles. The van der Waals surface area contributed by atoms with Crippen molar-refractivity contribution in [3.8, 4) is 16.9 Å². The van der Waals surface area contributed by atoms with Gasteiger partial charge in [-0.3, -0.25) is 4.79 Å². The zero-order valence-electron chi connectivity index (χ0n) is 23.9. The lowest BCUT2D eigenvalue weighted by molar-refractivity contribution is 0.0969. The number of sulfonamides is 1. The van der Waals surface area contributed by atoms with Gasteiger partial charge in [0, 0.05) is 6.04 Å². The maximum Gasteiger partial charge on any atom is 0.268 e. The van der Waals surface area contributed by atoms with Crippen LogP contribution in [0, 0.1) is 0 Å². The van der Waals surface area contributed by atoms with Crippen LogP contribution in [0.15, 0.2) is 72.8 Å². The average Bonchev–Trinajstić information content (AvgIpc) is 2.97. The molecule has 1 fully saturated rings. The van der Waals surface area contributed by atoms with Crippen LogP contribution in [0.25, 0.3) is 11.1 Å². The van der Waals surface area contributed by atoms with Gasteiger partial charge in [0.25, 0.3) is 5.91 Å². The maximum atomic E-state index is 12.9. The molecule has 1 saturated carbocycles. The highest BCUT2D eigenvalue weighted by atomic mass is 35.5. The third-order valence-electron chi connectivity index (χ3n) is 7.46. The molecule has 1 aliphatic carbocycles. The van der Waals surface area contributed by atoms with Gasteiger partial charge in [0.05, 0.1) is 30.1 Å². The lowest BCUT2D eigenvalue weighted by atomic mass is 9.97. The zero-order valence-corrected chi connectivity index (χ0v) is 25.5. The van der Waals surface area contributed by atoms with Crippen molar-refractivity contribution >= 4 is 28.3 Å². The number of rotatable bonds is 13. The number of carbonyl (C=O) groups excluding carboxylic acids is 1. The van der Waals surface area contributed by atoms with Crippen LogP contribution in [0.3, 0.4) is 0 Å². The van der Waals surface area contributed by atoms with E-state index in [-0.39, 0.29) is 30.1 Å². The summed E-state index contributed by atoms with van der Waals surface area (Å²) in [5, 5.41) is 23.0. The Balaban J connectivity index is 0.00000484. The maximum absolute atomic E-state index is 12.9. The third-order valence-corrected chi connectivity index (χ3v) is 8.68. The van der Waals surface area contributed by atoms with Gasteiger partial charge in [0.15, 0.2) is 0 Å². The number of benzene rings is 3. The molecule has 1 amide bonds. The molecule has 3 aromatic carbocycles. The number of amides is 1. The SMILES string of the molecule is C[C@H](NCCc1ccc(-c2ccc(C(=O)NS(=O)(=O)CCO)c(OC3CCCCC3)c2)cc1)[C@@H](O)c1ccccc1.Cl. The molecule has 0 unspecified atom stereocenters. The van der Waals surface area contributed by atoms with E-state index in [1.54, 1.807) is 18.2 Å². The smallest absolute Gasteiger partial charge is 0.268 e. The highest BCUT2D eigenvalue weighted by Gasteiger charge is 2.23. The molecule has 4 N–H and O–H groups in total. The normalized spacial score (nSPS) is 15.3. The number of nitrogens with one attached hydrogen (secondary N) is 2. The van der Waals surface area contributed by atoms with Crippen LogP contribution in [0.5, 0.6) is 5.75 Å². The average molecular weight is 617 g/mol. The van der Waals surface area contributed by atoms with E-state index >= 15 is 0 Å². The summed E-state index contributed by atoms with van der Waals surface area (Å²) in [4.78, 5) is 12.9. The summed E-state index contributed by atoms with van der Waals surface area (Å²) >= 11 is 0. The molecule has 0 radical (unpaired) electrons. The van der Waals surface area contributed by atoms with Gasteiger partial charge in [-0.15, -0.1) is 12.4 Å². The molecule has 0 aliphatic heterocycles. The van der Waals surface area contributed by atoms with E-state index in [1.165, 1.54) is 0 Å². The molecule has 2 atom stereocenters. The van der Waals surface area contributed by atoms with Gasteiger partial charge in [-0.05, 0) is 80.0 Å². The summed E-state index contributed by atoms with van der Waals surface area (Å²) in [7, 11) is -3.95. The van der Waals surface area contributed by atoms with Crippen LogP contribution in [0.1, 0.15) is 66.6 Å². The van der Waals surface area contributed by atoms with E-state index in [1.807, 2.05) is 54.1 Å². The summed E-state index contributed by atoms with van der Waals surface area (Å²) < 4.78 is 32.5. The second-order valence-electron chi connectivity index (χ2n) is 10.6. The monoisotopic (exact) mass is 616 g/mol. The second-order valence-corrected chi connectivity index (χ2v) is 12.4. The highest BCUT2D eigenvalue weighted by Crippen LogP contribution is 2.31. The molecule has 0 aromatic heterocycles. The van der Waals surface area contributed by atoms with Crippen LogP contribution in [0.2, 0.25) is 0 Å². The van der Waals surface area contributed by atoms with Gasteiger partial charge >= 0.3 is 0 Å². The lowest BCUT2D eigenvalue weighted by Gasteiger charge is -2.24. The van der Waals surface area contributed by atoms with Gasteiger partial charge < -0.3 is 20.3 Å². The number of hydrogen-bond donors (Lipinski definition) is 4. The summed E-state index contributed by atoms with van der Waals surface area (Å²) in [6.45, 7) is 2.11. The fourth-order valence-electron chi connectivity index (χ4n) is 5.08. The molecule has 8 nitrogen and oxygen atoms in total. The topological polar surface area (TPSA) is 125 Å². The van der Waals surface area contributed by atoms with E-state index in [2.05, 4.69) is 17.4 Å². The van der Waals surface area contributed by atoms with Gasteiger partial charge in [-0.2, -0.15) is 0 Å². The first-order valence-corrected chi connectivity index (χ1v) is 15.9. The minimum absolute atomic E-state index is 0. The lowest BCUT2D eigenvalue weighted by Crippen LogP contribution is -2.34. The Bertz CT molecular complexity index is 1380. The number of aliphatic hydroxyl groups is 2. The fourth-order valence-corrected chi connectivity index (χ4v) is 5.81. The standard InChI is InChI=1S/C32H40N2O6S.ClH/c1-23(31(36)26-8-4-2-5-9-26)33-19-18-24-12-14-25(15-13-24)27-16-17-29(32(37)34-41(38,39)21-20-35)30(22-27)40-28-10-6-3-7-11-28;/h2,4-5,8-9,12-17,22-23,28,31,33,35-36H,3,6-7,10-11,18-21H2,1H3,(H,34,37);1H/t23-,31+;/m0./s1. The first kappa shape index (κ1) is 33.6. The second kappa shape index (κ2) is 16.0. The van der Waals surface area contributed by atoms with E-state index in [0.29, 0.717) is 12.3 Å². The van der Waals surface area contributed by atoms with E-state index in [0.717, 1.165) is 60.8 Å². The molecule has 0 bridgehead atoms. The van der Waals surface area contributed by atoms with Crippen molar-refractivity contribution in [1.82, 2.24) is 10.0 Å². The molecule has 0 spiro atoms. The Labute approximate surface area is 255 Å². The summed E-state index contributed by atoms with van der Waals surface area (Å²) in [6.07, 6.45) is 5.22. The zero-order chi connectivity index (χ0) is 29.2. The van der Waals surface area contributed by atoms with Crippen molar-refractivity contribution < 1.29 is 28.2 Å². The van der Waals surface area contributed by atoms with Crippen LogP contribution in [-0.4, -0.2) is 55.6 Å². The van der Waals surface area contributed by atoms with E-state index < -0.39 is 34.4 Å². The molecule has 228 valence electrons. The van der Waals surface area contributed by atoms with E-state index in [9.17, 15) is 18.3 Å². The third kappa shape index (κ3) is 9.54. The molecular formula is C32H41ClN2O6S. The molecule has 10 heteroatoms. The molecule has 1 aliphatic rings. The van der Waals surface area contributed by atoms with Gasteiger partial charge in [-0.25, -0.2) is 13.1 Å². The molecule has 3 aromatic rings. The van der Waals surface area contributed by atoms with Crippen LogP contribution in [-0.2, 0) is 16.4 Å². The van der Waals surface area contributed by atoms with E-state index in [4.69, 9.17) is 9.84 Å². The minimum Gasteiger partial charge on any atom is -0.490 e. The first-order chi connectivity index (χ1) is 19.8. The Morgan fingerprint density at radius 2 is 1.64 bits per heavy atom. The summed E-state index contributed by atoms with van der Waals surface area (Å²) in [5.74, 6) is -0.972. The van der Waals surface area contributed by atoms with Crippen LogP contribution >= 0.6 is 12.4 Å². The minimum atomic E-state index is -3.95. The van der Waals surface area contributed by atoms with Crippen molar-refractivity contribution in [2.24, 2.45) is 0 Å². The Hall–Kier alpha value is -2.95. The molecular weight excluding hydrogens is 576 g/mol. The Kier molecular flexibility index (Phi) is 12.8. The number of ether oxygens (including phenoxy) is 1. The van der Waals surface area contributed by atoms with Crippen LogP contribution < -0.4 is 14.8 Å². The highest BCUT2D eigenvalue weighted by molar-refractivity contribution is 7.90. The number of hydrogen-bond acceptors (Lipinski definition) is 7. The molecule has 0 heterocycles. The van der Waals surface area contributed by atoms with Crippen molar-refractivity contribution in [1.29, 1.82) is 0 Å². The summed E-state index contributed by atoms with van der Waals surface area (Å²) in [6, 6.07) is 22.8. The Morgan fingerprint density at radius 1 is 0.976 bits per heavy atom. The van der Waals surface area contributed by atoms with Crippen molar-refractivity contribution in [3.63, 3.8) is 0 Å². The predicted molar refractivity (Wildman–Crippen MR) is 168 cm³/mol. The largest absolute Gasteiger partial charge is 0.490 e. The molecule has 42 heavy (non-hydrogen) atoms. The first-order valence-electron chi connectivity index (χ1n) is 14.3. The number of carbonyl (C=O) groups is 1. The number of aliphatic hydroxyl groups excluding tert-OH is 2. The quantitative estimate of drug-likeness (QED) is 0.218. The van der Waals surface area contributed by atoms with Gasteiger partial charge in [0.2, 0.25) is 10.0 Å².